The molecule has 0 fully saturated rings. The van der Waals surface area contributed by atoms with Crippen molar-refractivity contribution >= 4 is 23.2 Å². The first kappa shape index (κ1) is 15.1. The van der Waals surface area contributed by atoms with Gasteiger partial charge in [-0.05, 0) is 31.2 Å². The van der Waals surface area contributed by atoms with Crippen molar-refractivity contribution in [3.05, 3.63) is 54.6 Å². The zero-order valence-electron chi connectivity index (χ0n) is 12.9. The molecule has 3 rings (SSSR count). The highest BCUT2D eigenvalue weighted by atomic mass is 16.5. The molecule has 0 aliphatic carbocycles. The first-order valence-corrected chi connectivity index (χ1v) is 7.58. The lowest BCUT2D eigenvalue weighted by molar-refractivity contribution is -0.124. The predicted molar refractivity (Wildman–Crippen MR) is 88.8 cm³/mol. The number of amides is 2. The topological polar surface area (TPSA) is 49.9 Å². The molecule has 0 saturated carbocycles. The van der Waals surface area contributed by atoms with Crippen LogP contribution in [0.4, 0.5) is 11.4 Å². The normalized spacial score (nSPS) is 13.3. The van der Waals surface area contributed by atoms with Crippen molar-refractivity contribution in [2.24, 2.45) is 0 Å². The van der Waals surface area contributed by atoms with Crippen molar-refractivity contribution in [3.8, 4) is 5.75 Å². The standard InChI is InChI=1S/C18H18N2O3/c1-2-19(14-8-4-3-5-9-14)17(21)12-20-15-10-6-7-11-16(15)23-13-18(20)22/h3-11H,2,12-13H2,1H3. The number of ether oxygens (including phenoxy) is 1. The van der Waals surface area contributed by atoms with Crippen LogP contribution in [0.25, 0.3) is 0 Å². The van der Waals surface area contributed by atoms with Gasteiger partial charge in [0.1, 0.15) is 12.3 Å². The van der Waals surface area contributed by atoms with E-state index >= 15 is 0 Å². The number of para-hydroxylation sites is 3. The van der Waals surface area contributed by atoms with Crippen LogP contribution in [0.15, 0.2) is 54.6 Å². The van der Waals surface area contributed by atoms with Crippen LogP contribution in [0.1, 0.15) is 6.92 Å². The van der Waals surface area contributed by atoms with Gasteiger partial charge in [0.2, 0.25) is 5.91 Å². The third-order valence-corrected chi connectivity index (χ3v) is 3.79. The second-order valence-corrected chi connectivity index (χ2v) is 5.21. The predicted octanol–water partition coefficient (Wildman–Crippen LogP) is 2.47. The second kappa shape index (κ2) is 6.52. The molecular weight excluding hydrogens is 292 g/mol. The van der Waals surface area contributed by atoms with Gasteiger partial charge in [-0.1, -0.05) is 30.3 Å². The molecule has 5 heteroatoms. The Morgan fingerprint density at radius 2 is 1.83 bits per heavy atom. The van der Waals surface area contributed by atoms with Crippen molar-refractivity contribution in [1.29, 1.82) is 0 Å². The maximum absolute atomic E-state index is 12.7. The summed E-state index contributed by atoms with van der Waals surface area (Å²) in [6.07, 6.45) is 0. The van der Waals surface area contributed by atoms with E-state index in [1.165, 1.54) is 4.90 Å². The molecule has 2 aromatic rings. The van der Waals surface area contributed by atoms with E-state index < -0.39 is 0 Å². The Balaban J connectivity index is 1.83. The lowest BCUT2D eigenvalue weighted by Crippen LogP contribution is -2.46. The van der Waals surface area contributed by atoms with Gasteiger partial charge in [-0.15, -0.1) is 0 Å². The smallest absolute Gasteiger partial charge is 0.265 e. The minimum Gasteiger partial charge on any atom is -0.482 e. The monoisotopic (exact) mass is 310 g/mol. The van der Waals surface area contributed by atoms with E-state index in [1.807, 2.05) is 49.4 Å². The summed E-state index contributed by atoms with van der Waals surface area (Å²) in [5.74, 6) is 0.299. The molecule has 0 saturated heterocycles. The van der Waals surface area contributed by atoms with E-state index in [1.54, 1.807) is 17.0 Å². The zero-order chi connectivity index (χ0) is 16.2. The number of rotatable bonds is 4. The summed E-state index contributed by atoms with van der Waals surface area (Å²) in [6, 6.07) is 16.7. The van der Waals surface area contributed by atoms with E-state index in [0.717, 1.165) is 5.69 Å². The first-order valence-electron chi connectivity index (χ1n) is 7.58. The third kappa shape index (κ3) is 3.04. The molecule has 0 spiro atoms. The molecule has 0 bridgehead atoms. The maximum atomic E-state index is 12.7. The van der Waals surface area contributed by atoms with E-state index in [4.69, 9.17) is 4.74 Å². The van der Waals surface area contributed by atoms with Crippen molar-refractivity contribution in [1.82, 2.24) is 0 Å². The average molecular weight is 310 g/mol. The van der Waals surface area contributed by atoms with Crippen LogP contribution in [0.2, 0.25) is 0 Å². The Kier molecular flexibility index (Phi) is 4.28. The van der Waals surface area contributed by atoms with E-state index in [0.29, 0.717) is 18.0 Å². The summed E-state index contributed by atoms with van der Waals surface area (Å²) in [5.41, 5.74) is 1.47. The van der Waals surface area contributed by atoms with Gasteiger partial charge in [-0.25, -0.2) is 0 Å². The fourth-order valence-electron chi connectivity index (χ4n) is 2.66. The summed E-state index contributed by atoms with van der Waals surface area (Å²) in [5, 5.41) is 0. The summed E-state index contributed by atoms with van der Waals surface area (Å²) < 4.78 is 5.40. The largest absolute Gasteiger partial charge is 0.482 e. The van der Waals surface area contributed by atoms with Crippen LogP contribution in [0.3, 0.4) is 0 Å². The van der Waals surface area contributed by atoms with Gasteiger partial charge in [0.25, 0.3) is 5.91 Å². The molecule has 0 aromatic heterocycles. The molecule has 0 radical (unpaired) electrons. The molecule has 118 valence electrons. The SMILES string of the molecule is CCN(C(=O)CN1C(=O)COc2ccccc21)c1ccccc1. The Bertz CT molecular complexity index is 715. The van der Waals surface area contributed by atoms with E-state index in [9.17, 15) is 9.59 Å². The maximum Gasteiger partial charge on any atom is 0.265 e. The van der Waals surface area contributed by atoms with Gasteiger partial charge in [-0.3, -0.25) is 14.5 Å². The molecule has 5 nitrogen and oxygen atoms in total. The minimum atomic E-state index is -0.207. The summed E-state index contributed by atoms with van der Waals surface area (Å²) in [7, 11) is 0. The average Bonchev–Trinajstić information content (AvgIpc) is 2.59. The molecule has 2 amide bonds. The molecule has 0 atom stereocenters. The van der Waals surface area contributed by atoms with Crippen LogP contribution >= 0.6 is 0 Å². The van der Waals surface area contributed by atoms with Gasteiger partial charge in [0, 0.05) is 12.2 Å². The third-order valence-electron chi connectivity index (χ3n) is 3.79. The number of carbonyl (C=O) groups excluding carboxylic acids is 2. The fraction of sp³-hybridized carbons (Fsp3) is 0.222. The Morgan fingerprint density at radius 1 is 1.13 bits per heavy atom. The molecule has 1 aliphatic rings. The number of nitrogens with zero attached hydrogens (tertiary/aromatic N) is 2. The molecule has 2 aromatic carbocycles. The van der Waals surface area contributed by atoms with Crippen LogP contribution in [0, 0.1) is 0 Å². The second-order valence-electron chi connectivity index (χ2n) is 5.21. The van der Waals surface area contributed by atoms with Gasteiger partial charge >= 0.3 is 0 Å². The highest BCUT2D eigenvalue weighted by Gasteiger charge is 2.28. The number of benzene rings is 2. The van der Waals surface area contributed by atoms with Crippen molar-refractivity contribution in [3.63, 3.8) is 0 Å². The van der Waals surface area contributed by atoms with Gasteiger partial charge in [0.05, 0.1) is 5.69 Å². The molecule has 0 unspecified atom stereocenters. The molecule has 23 heavy (non-hydrogen) atoms. The van der Waals surface area contributed by atoms with E-state index in [-0.39, 0.29) is 25.0 Å². The molecule has 1 aliphatic heterocycles. The van der Waals surface area contributed by atoms with Crippen LogP contribution in [0.5, 0.6) is 5.75 Å². The van der Waals surface area contributed by atoms with Crippen molar-refractivity contribution < 1.29 is 14.3 Å². The Hall–Kier alpha value is -2.82. The Labute approximate surface area is 135 Å². The lowest BCUT2D eigenvalue weighted by atomic mass is 10.2. The molecule has 0 N–H and O–H groups in total. The number of hydrogen-bond donors (Lipinski definition) is 0. The quantitative estimate of drug-likeness (QED) is 0.871. The Morgan fingerprint density at radius 3 is 2.57 bits per heavy atom. The first-order chi connectivity index (χ1) is 11.2. The summed E-state index contributed by atoms with van der Waals surface area (Å²) in [4.78, 5) is 28.0. The minimum absolute atomic E-state index is 0.00193. The van der Waals surface area contributed by atoms with Gasteiger partial charge < -0.3 is 9.64 Å². The number of likely N-dealkylation sites (N-methyl/N-ethyl adjacent to an activating group) is 1. The van der Waals surface area contributed by atoms with Crippen LogP contribution < -0.4 is 14.5 Å². The molecular formula is C18H18N2O3. The van der Waals surface area contributed by atoms with E-state index in [2.05, 4.69) is 0 Å². The van der Waals surface area contributed by atoms with Gasteiger partial charge in [-0.2, -0.15) is 0 Å². The van der Waals surface area contributed by atoms with Crippen molar-refractivity contribution in [2.45, 2.75) is 6.92 Å². The molecule has 1 heterocycles. The highest BCUT2D eigenvalue weighted by Crippen LogP contribution is 2.31. The van der Waals surface area contributed by atoms with Crippen LogP contribution in [-0.2, 0) is 9.59 Å². The van der Waals surface area contributed by atoms with Gasteiger partial charge in [0.15, 0.2) is 6.61 Å². The number of anilines is 2. The zero-order valence-corrected chi connectivity index (χ0v) is 12.9. The van der Waals surface area contributed by atoms with Crippen LogP contribution in [-0.4, -0.2) is 31.5 Å². The number of fused-ring (bicyclic) bond motifs is 1. The fourth-order valence-corrected chi connectivity index (χ4v) is 2.66. The number of carbonyl (C=O) groups is 2. The highest BCUT2D eigenvalue weighted by molar-refractivity contribution is 6.05. The summed E-state index contributed by atoms with van der Waals surface area (Å²) in [6.45, 7) is 2.42. The number of hydrogen-bond acceptors (Lipinski definition) is 3. The lowest BCUT2D eigenvalue weighted by Gasteiger charge is -2.31. The van der Waals surface area contributed by atoms with Crippen molar-refractivity contribution in [2.75, 3.05) is 29.5 Å². The summed E-state index contributed by atoms with van der Waals surface area (Å²) >= 11 is 0.